The predicted octanol–water partition coefficient (Wildman–Crippen LogP) is 1.97. The molecule has 0 heterocycles. The predicted molar refractivity (Wildman–Crippen MR) is 79.2 cm³/mol. The normalized spacial score (nSPS) is 9.78. The van der Waals surface area contributed by atoms with E-state index in [1.165, 1.54) is 5.69 Å². The van der Waals surface area contributed by atoms with E-state index in [1.54, 1.807) is 0 Å². The zero-order chi connectivity index (χ0) is 13.4. The quantitative estimate of drug-likeness (QED) is 0.491. The van der Waals surface area contributed by atoms with Crippen LogP contribution in [0.1, 0.15) is 6.42 Å². The average molecular weight is 248 g/mol. The lowest BCUT2D eigenvalue weighted by Gasteiger charge is -2.22. The van der Waals surface area contributed by atoms with E-state index in [9.17, 15) is 0 Å². The smallest absolute Gasteiger partial charge is 0.195 e. The molecule has 1 aromatic carbocycles. The highest BCUT2D eigenvalue weighted by Gasteiger charge is 2.02. The molecule has 0 amide bonds. The van der Waals surface area contributed by atoms with E-state index in [2.05, 4.69) is 22.4 Å². The fourth-order valence-electron chi connectivity index (χ4n) is 1.73. The maximum Gasteiger partial charge on any atom is 0.195 e. The van der Waals surface area contributed by atoms with Crippen molar-refractivity contribution < 1.29 is 0 Å². The summed E-state index contributed by atoms with van der Waals surface area (Å²) in [6.45, 7) is 1.78. The lowest BCUT2D eigenvalue weighted by atomic mass is 10.3. The van der Waals surface area contributed by atoms with Crippen LogP contribution in [0.5, 0.6) is 0 Å². The summed E-state index contributed by atoms with van der Waals surface area (Å²) < 4.78 is 0. The van der Waals surface area contributed by atoms with E-state index in [4.69, 9.17) is 0 Å². The van der Waals surface area contributed by atoms with Gasteiger partial charge < -0.3 is 15.1 Å². The van der Waals surface area contributed by atoms with Gasteiger partial charge in [-0.2, -0.15) is 0 Å². The Morgan fingerprint density at radius 2 is 1.67 bits per heavy atom. The fraction of sp³-hybridized carbons (Fsp3) is 0.500. The number of aliphatic imine (C=N–C) groups is 1. The van der Waals surface area contributed by atoms with Crippen LogP contribution >= 0.6 is 0 Å². The summed E-state index contributed by atoms with van der Waals surface area (Å²) in [5.74, 6) is 1.01. The van der Waals surface area contributed by atoms with Gasteiger partial charge in [0, 0.05) is 47.0 Å². The lowest BCUT2D eigenvalue weighted by molar-refractivity contribution is 0.479. The molecule has 0 saturated carbocycles. The highest BCUT2D eigenvalue weighted by molar-refractivity contribution is 5.79. The molecule has 1 aromatic rings. The first-order valence-corrected chi connectivity index (χ1v) is 6.29. The van der Waals surface area contributed by atoms with Gasteiger partial charge in [-0.15, -0.1) is 0 Å². The molecule has 1 N–H and O–H groups in total. The minimum absolute atomic E-state index is 0.839. The molecule has 0 aliphatic carbocycles. The Hall–Kier alpha value is -1.71. The summed E-state index contributed by atoms with van der Waals surface area (Å²) in [5.41, 5.74) is 1.17. The molecule has 1 rings (SSSR count). The van der Waals surface area contributed by atoms with E-state index in [1.807, 2.05) is 56.2 Å². The van der Waals surface area contributed by atoms with Gasteiger partial charge in [0.1, 0.15) is 0 Å². The van der Waals surface area contributed by atoms with Gasteiger partial charge in [-0.05, 0) is 18.6 Å². The van der Waals surface area contributed by atoms with Crippen molar-refractivity contribution in [1.82, 2.24) is 9.80 Å². The Balaban J connectivity index is 2.27. The molecule has 0 fully saturated rings. The van der Waals surface area contributed by atoms with Crippen molar-refractivity contribution in [1.29, 1.82) is 0 Å². The fourth-order valence-corrected chi connectivity index (χ4v) is 1.73. The summed E-state index contributed by atoms with van der Waals surface area (Å²) >= 11 is 0. The van der Waals surface area contributed by atoms with Crippen molar-refractivity contribution in [3.05, 3.63) is 30.3 Å². The van der Waals surface area contributed by atoms with Gasteiger partial charge in [0.15, 0.2) is 5.96 Å². The number of nitrogens with one attached hydrogen (secondary N) is 1. The second-order valence-electron chi connectivity index (χ2n) is 4.62. The van der Waals surface area contributed by atoms with E-state index in [0.717, 1.165) is 25.5 Å². The summed E-state index contributed by atoms with van der Waals surface area (Å²) in [6.07, 6.45) is 1.03. The summed E-state index contributed by atoms with van der Waals surface area (Å²) in [5, 5.41) is 3.38. The molecule has 100 valence electrons. The number of anilines is 1. The molecular weight excluding hydrogens is 224 g/mol. The van der Waals surface area contributed by atoms with Gasteiger partial charge >= 0.3 is 0 Å². The zero-order valence-electron chi connectivity index (χ0n) is 11.8. The molecule has 0 spiro atoms. The SMILES string of the molecule is CN(C)C(=NCCCNc1ccccc1)N(C)C. The Kier molecular flexibility index (Phi) is 6.05. The van der Waals surface area contributed by atoms with Crippen LogP contribution in [0.3, 0.4) is 0 Å². The van der Waals surface area contributed by atoms with E-state index >= 15 is 0 Å². The number of guanidine groups is 1. The van der Waals surface area contributed by atoms with Crippen molar-refractivity contribution in [2.45, 2.75) is 6.42 Å². The van der Waals surface area contributed by atoms with Gasteiger partial charge in [-0.1, -0.05) is 18.2 Å². The van der Waals surface area contributed by atoms with Crippen LogP contribution in [-0.2, 0) is 0 Å². The van der Waals surface area contributed by atoms with E-state index < -0.39 is 0 Å². The second kappa shape index (κ2) is 7.58. The van der Waals surface area contributed by atoms with Gasteiger partial charge in [0.2, 0.25) is 0 Å². The molecule has 0 aliphatic heterocycles. The number of hydrogen-bond acceptors (Lipinski definition) is 2. The highest BCUT2D eigenvalue weighted by atomic mass is 15.3. The maximum atomic E-state index is 4.58. The van der Waals surface area contributed by atoms with Gasteiger partial charge in [-0.25, -0.2) is 0 Å². The molecule has 0 aromatic heterocycles. The molecular formula is C14H24N4. The van der Waals surface area contributed by atoms with Crippen molar-refractivity contribution >= 4 is 11.6 Å². The van der Waals surface area contributed by atoms with E-state index in [0.29, 0.717) is 0 Å². The average Bonchev–Trinajstić information content (AvgIpc) is 2.34. The van der Waals surface area contributed by atoms with Crippen LogP contribution in [0, 0.1) is 0 Å². The van der Waals surface area contributed by atoms with Crippen LogP contribution in [0.4, 0.5) is 5.69 Å². The molecule has 4 nitrogen and oxygen atoms in total. The van der Waals surface area contributed by atoms with Crippen LogP contribution in [-0.4, -0.2) is 57.0 Å². The Morgan fingerprint density at radius 1 is 1.06 bits per heavy atom. The number of rotatable bonds is 5. The van der Waals surface area contributed by atoms with Gasteiger partial charge in [0.05, 0.1) is 0 Å². The Morgan fingerprint density at radius 3 is 2.22 bits per heavy atom. The zero-order valence-corrected chi connectivity index (χ0v) is 11.8. The third-order valence-electron chi connectivity index (χ3n) is 2.49. The topological polar surface area (TPSA) is 30.9 Å². The third kappa shape index (κ3) is 5.08. The Bertz CT molecular complexity index is 347. The Labute approximate surface area is 110 Å². The first-order valence-electron chi connectivity index (χ1n) is 6.29. The van der Waals surface area contributed by atoms with Crippen molar-refractivity contribution in [2.75, 3.05) is 46.6 Å². The van der Waals surface area contributed by atoms with Crippen LogP contribution in [0.25, 0.3) is 0 Å². The summed E-state index contributed by atoms with van der Waals surface area (Å²) in [6, 6.07) is 10.3. The minimum Gasteiger partial charge on any atom is -0.385 e. The number of benzene rings is 1. The van der Waals surface area contributed by atoms with Crippen LogP contribution in [0.15, 0.2) is 35.3 Å². The number of nitrogens with zero attached hydrogens (tertiary/aromatic N) is 3. The molecule has 4 heteroatoms. The van der Waals surface area contributed by atoms with Crippen molar-refractivity contribution in [2.24, 2.45) is 4.99 Å². The standard InChI is InChI=1S/C14H24N4/c1-17(2)14(18(3)4)16-12-8-11-15-13-9-6-5-7-10-13/h5-7,9-10,15H,8,11-12H2,1-4H3. The van der Waals surface area contributed by atoms with Crippen LogP contribution < -0.4 is 5.32 Å². The maximum absolute atomic E-state index is 4.58. The molecule has 0 radical (unpaired) electrons. The molecule has 0 atom stereocenters. The first kappa shape index (κ1) is 14.4. The highest BCUT2D eigenvalue weighted by Crippen LogP contribution is 2.04. The molecule has 0 bridgehead atoms. The van der Waals surface area contributed by atoms with Crippen molar-refractivity contribution in [3.8, 4) is 0 Å². The molecule has 0 unspecified atom stereocenters. The minimum atomic E-state index is 0.839. The lowest BCUT2D eigenvalue weighted by Crippen LogP contribution is -2.35. The van der Waals surface area contributed by atoms with Gasteiger partial charge in [-0.3, -0.25) is 4.99 Å². The van der Waals surface area contributed by atoms with Crippen LogP contribution in [0.2, 0.25) is 0 Å². The third-order valence-corrected chi connectivity index (χ3v) is 2.49. The molecule has 18 heavy (non-hydrogen) atoms. The number of para-hydroxylation sites is 1. The molecule has 0 aliphatic rings. The van der Waals surface area contributed by atoms with E-state index in [-0.39, 0.29) is 0 Å². The summed E-state index contributed by atoms with van der Waals surface area (Å²) in [4.78, 5) is 8.65. The monoisotopic (exact) mass is 248 g/mol. The first-order chi connectivity index (χ1) is 8.61. The van der Waals surface area contributed by atoms with Crippen molar-refractivity contribution in [3.63, 3.8) is 0 Å². The number of hydrogen-bond donors (Lipinski definition) is 1. The van der Waals surface area contributed by atoms with Gasteiger partial charge in [0.25, 0.3) is 0 Å². The molecule has 0 saturated heterocycles. The summed E-state index contributed by atoms with van der Waals surface area (Å²) in [7, 11) is 8.06. The second-order valence-corrected chi connectivity index (χ2v) is 4.62. The largest absolute Gasteiger partial charge is 0.385 e.